The van der Waals surface area contributed by atoms with Crippen LogP contribution in [0.1, 0.15) is 82.0 Å². The van der Waals surface area contributed by atoms with Crippen molar-refractivity contribution in [3.05, 3.63) is 69.7 Å². The van der Waals surface area contributed by atoms with Gasteiger partial charge in [0, 0.05) is 55.6 Å². The monoisotopic (exact) mass is 545 g/mol. The van der Waals surface area contributed by atoms with E-state index in [1.165, 1.54) is 19.1 Å². The van der Waals surface area contributed by atoms with E-state index in [0.717, 1.165) is 30.0 Å². The Hall–Kier alpha value is -2.51. The van der Waals surface area contributed by atoms with Crippen LogP contribution in [-0.2, 0) is 9.59 Å². The molecule has 0 bridgehead atoms. The molecule has 0 spiro atoms. The second-order valence-corrected chi connectivity index (χ2v) is 12.2. The van der Waals surface area contributed by atoms with Gasteiger partial charge in [0.1, 0.15) is 11.6 Å². The zero-order chi connectivity index (χ0) is 27.8. The van der Waals surface area contributed by atoms with Crippen molar-refractivity contribution in [2.24, 2.45) is 5.92 Å². The molecule has 2 aromatic rings. The Kier molecular flexibility index (Phi) is 8.48. The topological polar surface area (TPSA) is 52.7 Å². The van der Waals surface area contributed by atoms with Gasteiger partial charge in [-0.15, -0.1) is 0 Å². The first-order valence-corrected chi connectivity index (χ1v) is 13.8. The number of nitrogens with zero attached hydrogens (tertiary/aromatic N) is 2. The van der Waals surface area contributed by atoms with Crippen molar-refractivity contribution < 1.29 is 18.4 Å². The minimum atomic E-state index is -0.615. The summed E-state index contributed by atoms with van der Waals surface area (Å²) in [5.41, 5.74) is 2.38. The van der Waals surface area contributed by atoms with Crippen LogP contribution in [-0.4, -0.2) is 53.3 Å². The number of amides is 2. The highest BCUT2D eigenvalue weighted by atomic mass is 35.5. The summed E-state index contributed by atoms with van der Waals surface area (Å²) in [6.45, 7) is 12.0. The van der Waals surface area contributed by atoms with Crippen molar-refractivity contribution in [1.29, 1.82) is 0 Å². The Morgan fingerprint density at radius 2 is 1.68 bits per heavy atom. The molecule has 2 saturated heterocycles. The van der Waals surface area contributed by atoms with Crippen molar-refractivity contribution in [2.75, 3.05) is 26.2 Å². The summed E-state index contributed by atoms with van der Waals surface area (Å²) in [5, 5.41) is 3.58. The SMILES string of the molecule is CC(=O)NC(C)c1cc(Cl)ccc1C1CCN(C(=O)C2CN(C(C)(C)C)C[C@H]2c2ccc(F)cc2F)CC1. The first-order valence-electron chi connectivity index (χ1n) is 13.4. The minimum Gasteiger partial charge on any atom is -0.350 e. The van der Waals surface area contributed by atoms with Crippen LogP contribution in [0, 0.1) is 17.6 Å². The number of nitrogens with one attached hydrogen (secondary N) is 1. The normalized spacial score (nSPS) is 21.9. The Morgan fingerprint density at radius 3 is 2.29 bits per heavy atom. The number of carbonyl (C=O) groups is 2. The van der Waals surface area contributed by atoms with Gasteiger partial charge in [-0.1, -0.05) is 23.7 Å². The lowest BCUT2D eigenvalue weighted by atomic mass is 9.83. The molecule has 1 N–H and O–H groups in total. The van der Waals surface area contributed by atoms with Gasteiger partial charge in [-0.05, 0) is 81.3 Å². The molecule has 2 amide bonds. The number of halogens is 3. The van der Waals surface area contributed by atoms with Crippen LogP contribution in [0.15, 0.2) is 36.4 Å². The Morgan fingerprint density at radius 1 is 1.03 bits per heavy atom. The molecule has 0 radical (unpaired) electrons. The van der Waals surface area contributed by atoms with E-state index in [9.17, 15) is 18.4 Å². The lowest BCUT2D eigenvalue weighted by Gasteiger charge is -2.36. The second-order valence-electron chi connectivity index (χ2n) is 11.7. The van der Waals surface area contributed by atoms with E-state index < -0.39 is 17.6 Å². The minimum absolute atomic E-state index is 0.0341. The van der Waals surface area contributed by atoms with Gasteiger partial charge in [0.2, 0.25) is 11.8 Å². The molecule has 3 atom stereocenters. The summed E-state index contributed by atoms with van der Waals surface area (Å²) in [4.78, 5) is 29.7. The quantitative estimate of drug-likeness (QED) is 0.499. The van der Waals surface area contributed by atoms with Crippen molar-refractivity contribution in [2.45, 2.75) is 70.9 Å². The highest BCUT2D eigenvalue weighted by Crippen LogP contribution is 2.40. The molecule has 2 fully saturated rings. The van der Waals surface area contributed by atoms with Crippen LogP contribution < -0.4 is 5.32 Å². The molecule has 0 aromatic heterocycles. The molecule has 2 aliphatic rings. The fourth-order valence-electron chi connectivity index (χ4n) is 6.04. The average molecular weight is 546 g/mol. The molecule has 0 saturated carbocycles. The third-order valence-electron chi connectivity index (χ3n) is 8.13. The number of carbonyl (C=O) groups excluding carboxylic acids is 2. The standard InChI is InChI=1S/C30H38ClF2N3O2/c1-18(34-19(2)37)25-14-21(31)6-8-23(25)20-10-12-35(13-11-20)29(38)27-17-36(30(3,4)5)16-26(27)24-9-7-22(32)15-28(24)33/h6-9,14-15,18,20,26-27H,10-13,16-17H2,1-5H3,(H,34,37)/t18?,26-,27?/m0/s1. The van der Waals surface area contributed by atoms with Crippen LogP contribution in [0.3, 0.4) is 0 Å². The Labute approximate surface area is 229 Å². The third-order valence-corrected chi connectivity index (χ3v) is 8.36. The van der Waals surface area contributed by atoms with Crippen molar-refractivity contribution in [1.82, 2.24) is 15.1 Å². The molecule has 4 rings (SSSR count). The lowest BCUT2D eigenvalue weighted by Crippen LogP contribution is -2.44. The summed E-state index contributed by atoms with van der Waals surface area (Å²) in [6.07, 6.45) is 1.58. The summed E-state index contributed by atoms with van der Waals surface area (Å²) >= 11 is 6.28. The molecule has 8 heteroatoms. The molecule has 38 heavy (non-hydrogen) atoms. The van der Waals surface area contributed by atoms with Crippen molar-refractivity contribution in [3.8, 4) is 0 Å². The molecule has 0 aliphatic carbocycles. The van der Waals surface area contributed by atoms with Crippen LogP contribution in [0.5, 0.6) is 0 Å². The van der Waals surface area contributed by atoms with Crippen molar-refractivity contribution >= 4 is 23.4 Å². The van der Waals surface area contributed by atoms with Gasteiger partial charge in [0.05, 0.1) is 12.0 Å². The second kappa shape index (κ2) is 11.3. The van der Waals surface area contributed by atoms with Crippen LogP contribution in [0.4, 0.5) is 8.78 Å². The van der Waals surface area contributed by atoms with Gasteiger partial charge in [-0.3, -0.25) is 14.5 Å². The third kappa shape index (κ3) is 6.20. The number of rotatable bonds is 5. The van der Waals surface area contributed by atoms with Gasteiger partial charge >= 0.3 is 0 Å². The number of hydrogen-bond donors (Lipinski definition) is 1. The van der Waals surface area contributed by atoms with E-state index in [4.69, 9.17) is 11.6 Å². The molecule has 2 unspecified atom stereocenters. The van der Waals surface area contributed by atoms with E-state index in [0.29, 0.717) is 36.8 Å². The van der Waals surface area contributed by atoms with Gasteiger partial charge in [0.15, 0.2) is 0 Å². The summed E-state index contributed by atoms with van der Waals surface area (Å²) in [6, 6.07) is 9.32. The number of benzene rings is 2. The number of hydrogen-bond acceptors (Lipinski definition) is 3. The fraction of sp³-hybridized carbons (Fsp3) is 0.533. The molecule has 2 aliphatic heterocycles. The van der Waals surface area contributed by atoms with E-state index >= 15 is 0 Å². The predicted molar refractivity (Wildman–Crippen MR) is 146 cm³/mol. The largest absolute Gasteiger partial charge is 0.350 e. The van der Waals surface area contributed by atoms with Crippen LogP contribution in [0.25, 0.3) is 0 Å². The maximum absolute atomic E-state index is 14.8. The first kappa shape index (κ1) is 28.5. The molecule has 2 aromatic carbocycles. The molecule has 5 nitrogen and oxygen atoms in total. The molecular formula is C30H38ClF2N3O2. The zero-order valence-corrected chi connectivity index (χ0v) is 23.6. The highest BCUT2D eigenvalue weighted by molar-refractivity contribution is 6.30. The van der Waals surface area contributed by atoms with Gasteiger partial charge in [0.25, 0.3) is 0 Å². The lowest BCUT2D eigenvalue weighted by molar-refractivity contribution is -0.136. The number of piperidine rings is 1. The molecular weight excluding hydrogens is 508 g/mol. The van der Waals surface area contributed by atoms with Crippen LogP contribution >= 0.6 is 11.6 Å². The molecule has 2 heterocycles. The highest BCUT2D eigenvalue weighted by Gasteiger charge is 2.44. The zero-order valence-electron chi connectivity index (χ0n) is 22.9. The Bertz CT molecular complexity index is 1190. The summed E-state index contributed by atoms with van der Waals surface area (Å²) < 4.78 is 28.5. The van der Waals surface area contributed by atoms with Gasteiger partial charge in [-0.25, -0.2) is 8.78 Å². The number of likely N-dealkylation sites (tertiary alicyclic amines) is 2. The maximum atomic E-state index is 14.8. The maximum Gasteiger partial charge on any atom is 0.227 e. The van der Waals surface area contributed by atoms with Gasteiger partial charge < -0.3 is 10.2 Å². The molecule has 206 valence electrons. The van der Waals surface area contributed by atoms with E-state index in [2.05, 4.69) is 31.0 Å². The van der Waals surface area contributed by atoms with Crippen LogP contribution in [0.2, 0.25) is 5.02 Å². The summed E-state index contributed by atoms with van der Waals surface area (Å²) in [5.74, 6) is -1.76. The van der Waals surface area contributed by atoms with E-state index in [1.807, 2.05) is 30.0 Å². The first-order chi connectivity index (χ1) is 17.8. The smallest absolute Gasteiger partial charge is 0.227 e. The average Bonchev–Trinajstić information content (AvgIpc) is 3.29. The predicted octanol–water partition coefficient (Wildman–Crippen LogP) is 6.04. The van der Waals surface area contributed by atoms with Crippen molar-refractivity contribution in [3.63, 3.8) is 0 Å². The van der Waals surface area contributed by atoms with Gasteiger partial charge in [-0.2, -0.15) is 0 Å². The summed E-state index contributed by atoms with van der Waals surface area (Å²) in [7, 11) is 0. The Balaban J connectivity index is 1.51. The van der Waals surface area contributed by atoms with E-state index in [-0.39, 0.29) is 35.2 Å². The fourth-order valence-corrected chi connectivity index (χ4v) is 6.22. The van der Waals surface area contributed by atoms with E-state index in [1.54, 1.807) is 0 Å².